The first kappa shape index (κ1) is 55.0. The van der Waals surface area contributed by atoms with E-state index in [1.807, 2.05) is 127 Å². The third-order valence-corrected chi connectivity index (χ3v) is 13.6. The van der Waals surface area contributed by atoms with Crippen LogP contribution in [0.25, 0.3) is 17.3 Å². The van der Waals surface area contributed by atoms with Crippen molar-refractivity contribution in [1.82, 2.24) is 0 Å². The number of hydrogen-bond acceptors (Lipinski definition) is 7. The van der Waals surface area contributed by atoms with Crippen LogP contribution in [0.4, 0.5) is 0 Å². The molecule has 0 spiro atoms. The van der Waals surface area contributed by atoms with Gasteiger partial charge in [-0.2, -0.15) is 0 Å². The third-order valence-electron chi connectivity index (χ3n) is 10.5. The fourth-order valence-corrected chi connectivity index (χ4v) is 9.50. The zero-order valence-corrected chi connectivity index (χ0v) is 41.6. The first-order valence-corrected chi connectivity index (χ1v) is 24.2. The van der Waals surface area contributed by atoms with Crippen LogP contribution in [0.5, 0.6) is 0 Å². The first-order valence-electron chi connectivity index (χ1n) is 22.5. The van der Waals surface area contributed by atoms with Crippen LogP contribution < -0.4 is 31.2 Å². The summed E-state index contributed by atoms with van der Waals surface area (Å²) in [5.74, 6) is -1.59. The van der Waals surface area contributed by atoms with Crippen molar-refractivity contribution < 1.29 is 71.6 Å². The van der Waals surface area contributed by atoms with E-state index in [4.69, 9.17) is 0 Å². The Kier molecular flexibility index (Phi) is 22.4. The second kappa shape index (κ2) is 29.3. The molecule has 0 saturated heterocycles. The maximum Gasteiger partial charge on any atom is 3.00 e. The number of allylic oxidation sites excluding steroid dienone is 3. The summed E-state index contributed by atoms with van der Waals surface area (Å²) in [6, 6.07) is 81.7. The Morgan fingerprint density at radius 1 is 0.264 bits per heavy atom. The van der Waals surface area contributed by atoms with E-state index in [0.717, 1.165) is 34.1 Å². The zero-order valence-electron chi connectivity index (χ0n) is 38.8. The molecule has 0 fully saturated rings. The van der Waals surface area contributed by atoms with E-state index in [0.29, 0.717) is 33.4 Å². The standard InChI is InChI=1S/C18H15OP.3C15H12O2.Er/c19-20(16-10-4-1-5-11-16,17-12-6-2-7-13-17)18-14-8-3-9-15-18;3*16-14(12-7-3-1-4-8-12)11-15(17)13-9-5-2-6-10-13;/h1-15H;3*1-11,16H;/q;;;;+3/p-3/b;3*14-11-;. The molecule has 1 radical (unpaired) electrons. The molecule has 0 saturated carbocycles. The molecule has 0 N–H and O–H groups in total. The molecule has 0 unspecified atom stereocenters. The summed E-state index contributed by atoms with van der Waals surface area (Å²) >= 11 is 0. The molecule has 9 rings (SSSR count). The van der Waals surface area contributed by atoms with Crippen molar-refractivity contribution in [2.45, 2.75) is 0 Å². The minimum Gasteiger partial charge on any atom is -0.872 e. The van der Waals surface area contributed by atoms with Gasteiger partial charge in [-0.1, -0.05) is 290 Å². The van der Waals surface area contributed by atoms with Gasteiger partial charge in [0.05, 0.1) is 0 Å². The van der Waals surface area contributed by atoms with Crippen LogP contribution in [0.1, 0.15) is 47.8 Å². The molecule has 359 valence electrons. The van der Waals surface area contributed by atoms with Crippen molar-refractivity contribution >= 4 is 57.7 Å². The van der Waals surface area contributed by atoms with Crippen LogP contribution >= 0.6 is 7.14 Å². The summed E-state index contributed by atoms with van der Waals surface area (Å²) in [7, 11) is -2.78. The number of carbonyl (C=O) groups excluding carboxylic acids is 3. The number of benzene rings is 9. The molecule has 0 aliphatic heterocycles. The van der Waals surface area contributed by atoms with Crippen LogP contribution in [0, 0.1) is 37.3 Å². The SMILES string of the molecule is O=C(/C=C(\[O-])c1ccccc1)c1ccccc1.O=C(/C=C(\[O-])c1ccccc1)c1ccccc1.O=C(/C=C(\[O-])c1ccccc1)c1ccccc1.O=P(c1ccccc1)(c1ccccc1)c1ccccc1.[Er+3]. The zero-order chi connectivity index (χ0) is 50.1. The van der Waals surface area contributed by atoms with Crippen molar-refractivity contribution in [2.75, 3.05) is 0 Å². The van der Waals surface area contributed by atoms with Crippen LogP contribution in [0.2, 0.25) is 0 Å². The van der Waals surface area contributed by atoms with Gasteiger partial charge in [0.1, 0.15) is 0 Å². The van der Waals surface area contributed by atoms with Gasteiger partial charge in [0.25, 0.3) is 0 Å². The van der Waals surface area contributed by atoms with Gasteiger partial charge < -0.3 is 19.9 Å². The number of hydrogen-bond donors (Lipinski definition) is 0. The van der Waals surface area contributed by atoms with E-state index in [-0.39, 0.29) is 71.9 Å². The van der Waals surface area contributed by atoms with E-state index < -0.39 is 7.14 Å². The van der Waals surface area contributed by atoms with Gasteiger partial charge in [-0.3, -0.25) is 14.4 Å². The Bertz CT molecular complexity index is 2840. The molecule has 0 atom stereocenters. The summed E-state index contributed by atoms with van der Waals surface area (Å²) in [6.45, 7) is 0. The second-order valence-electron chi connectivity index (χ2n) is 15.4. The van der Waals surface area contributed by atoms with E-state index in [2.05, 4.69) is 0 Å². The molecule has 9 aromatic rings. The quantitative estimate of drug-likeness (QED) is 0.0514. The maximum absolute atomic E-state index is 13.8. The van der Waals surface area contributed by atoms with Crippen molar-refractivity contribution in [3.05, 3.63) is 325 Å². The maximum atomic E-state index is 13.8. The molecule has 72 heavy (non-hydrogen) atoms. The van der Waals surface area contributed by atoms with Crippen LogP contribution in [0.3, 0.4) is 0 Å². The molecule has 0 aliphatic carbocycles. The van der Waals surface area contributed by atoms with Gasteiger partial charge in [0.15, 0.2) is 24.5 Å². The van der Waals surface area contributed by atoms with Crippen LogP contribution in [0.15, 0.2) is 291 Å². The van der Waals surface area contributed by atoms with E-state index in [1.165, 1.54) is 0 Å². The largest absolute Gasteiger partial charge is 3.00 e. The van der Waals surface area contributed by atoms with Crippen molar-refractivity contribution in [3.63, 3.8) is 0 Å². The predicted octanol–water partition coefficient (Wildman–Crippen LogP) is 10.1. The minimum absolute atomic E-state index is 0. The van der Waals surface area contributed by atoms with Crippen LogP contribution in [-0.2, 0) is 4.57 Å². The molecule has 0 aromatic heterocycles. The fourth-order valence-electron chi connectivity index (χ4n) is 6.83. The van der Waals surface area contributed by atoms with Gasteiger partial charge in [0.2, 0.25) is 0 Å². The molecular formula is C63H48ErO7P. The Labute approximate surface area is 450 Å². The van der Waals surface area contributed by atoms with Crippen molar-refractivity contribution in [1.29, 1.82) is 0 Å². The normalized spacial score (nSPS) is 11.0. The fraction of sp³-hybridized carbons (Fsp3) is 0. The summed E-state index contributed by atoms with van der Waals surface area (Å²) in [6.07, 6.45) is 3.39. The number of rotatable bonds is 12. The molecule has 9 heteroatoms. The van der Waals surface area contributed by atoms with E-state index >= 15 is 0 Å². The van der Waals surface area contributed by atoms with Crippen molar-refractivity contribution in [3.8, 4) is 0 Å². The topological polar surface area (TPSA) is 137 Å². The average molecular weight is 1120 g/mol. The number of carbonyl (C=O) groups is 3. The Morgan fingerprint density at radius 2 is 0.417 bits per heavy atom. The summed E-state index contributed by atoms with van der Waals surface area (Å²) in [5, 5.41) is 37.9. The summed E-state index contributed by atoms with van der Waals surface area (Å²) in [5.41, 5.74) is 3.15. The molecule has 0 bridgehead atoms. The molecule has 0 heterocycles. The molecule has 0 aliphatic rings. The molecule has 9 aromatic carbocycles. The van der Waals surface area contributed by atoms with E-state index in [9.17, 15) is 34.3 Å². The minimum atomic E-state index is -2.78. The van der Waals surface area contributed by atoms with Gasteiger partial charge in [0, 0.05) is 32.6 Å². The molecule has 0 amide bonds. The summed E-state index contributed by atoms with van der Waals surface area (Å²) in [4.78, 5) is 35.3. The Balaban J connectivity index is 0.000000178. The van der Waals surface area contributed by atoms with Gasteiger partial charge in [-0.15, -0.1) is 0 Å². The predicted molar refractivity (Wildman–Crippen MR) is 281 cm³/mol. The third kappa shape index (κ3) is 16.6. The van der Waals surface area contributed by atoms with Crippen molar-refractivity contribution in [2.24, 2.45) is 0 Å². The van der Waals surface area contributed by atoms with Gasteiger partial charge in [-0.25, -0.2) is 0 Å². The van der Waals surface area contributed by atoms with Gasteiger partial charge >= 0.3 is 37.3 Å². The Hall–Kier alpha value is -7.91. The Morgan fingerprint density at radius 3 is 0.597 bits per heavy atom. The monoisotopic (exact) mass is 1110 g/mol. The average Bonchev–Trinajstić information content (AvgIpc) is 3.45. The van der Waals surface area contributed by atoms with Gasteiger partial charge in [-0.05, 0) is 34.9 Å². The second-order valence-corrected chi connectivity index (χ2v) is 18.2. The van der Waals surface area contributed by atoms with Crippen LogP contribution in [-0.4, -0.2) is 17.3 Å². The van der Waals surface area contributed by atoms with E-state index in [1.54, 1.807) is 146 Å². The first-order chi connectivity index (χ1) is 34.6. The molecular weight excluding hydrogens is 1070 g/mol. The summed E-state index contributed by atoms with van der Waals surface area (Å²) < 4.78 is 13.8. The number of ketones is 3. The smallest absolute Gasteiger partial charge is 0.872 e. The molecule has 7 nitrogen and oxygen atoms in total.